The Morgan fingerprint density at radius 3 is 0.853 bits per heavy atom. The molecule has 0 aliphatic rings. The van der Waals surface area contributed by atoms with Crippen molar-refractivity contribution >= 4 is 39.5 Å². The number of hydrogen-bond acceptors (Lipinski definition) is 15. The Hall–Kier alpha value is -4.54. The molecule has 19 heteroatoms. The van der Waals surface area contributed by atoms with Crippen molar-refractivity contribution in [1.29, 1.82) is 0 Å². The predicted molar refractivity (Wildman–Crippen MR) is 418 cm³/mol. The van der Waals surface area contributed by atoms with Crippen LogP contribution in [-0.2, 0) is 65.4 Å². The molecule has 0 aromatic rings. The van der Waals surface area contributed by atoms with Gasteiger partial charge in [-0.15, -0.1) is 0 Å². The lowest BCUT2D eigenvalue weighted by atomic mass is 10.1. The lowest BCUT2D eigenvalue weighted by Gasteiger charge is -2.21. The molecular weight excluding hydrogens is 1330 g/mol. The molecule has 586 valence electrons. The van der Waals surface area contributed by atoms with Gasteiger partial charge in [0.1, 0.15) is 19.3 Å². The van der Waals surface area contributed by atoms with E-state index in [4.69, 9.17) is 37.0 Å². The topological polar surface area (TPSA) is 237 Å². The highest BCUT2D eigenvalue weighted by atomic mass is 31.2. The van der Waals surface area contributed by atoms with Gasteiger partial charge >= 0.3 is 39.5 Å². The number of allylic oxidation sites excluding steroid dienone is 20. The second kappa shape index (κ2) is 74.7. The molecule has 2 unspecified atom stereocenters. The maximum Gasteiger partial charge on any atom is 0.472 e. The second-order valence-corrected chi connectivity index (χ2v) is 29.3. The molecule has 0 saturated carbocycles. The SMILES string of the molecule is CCCCC/C=C\C/C=C\C/C=C\C/C=C\CCCC(=O)OC[C@H](COP(=O)(O)OC[C@H](O)COP(=O)(O)OC[C@@H](COC(=O)CCCCCCC/C=C\C=C/CCCCCC)OC(=O)CCCCCCC/C=C\C/C=C\CCCCC)OC(=O)CCCCCCC/C=C\C=C/CCCCCC. The van der Waals surface area contributed by atoms with E-state index in [0.29, 0.717) is 32.1 Å². The van der Waals surface area contributed by atoms with Crippen molar-refractivity contribution in [2.24, 2.45) is 0 Å². The first-order chi connectivity index (χ1) is 49.7. The van der Waals surface area contributed by atoms with Crippen LogP contribution in [-0.4, -0.2) is 96.7 Å². The predicted octanol–water partition coefficient (Wildman–Crippen LogP) is 23.1. The highest BCUT2D eigenvalue weighted by Crippen LogP contribution is 2.45. The number of unbranched alkanes of at least 4 members (excludes halogenated alkanes) is 30. The zero-order valence-corrected chi connectivity index (χ0v) is 65.8. The van der Waals surface area contributed by atoms with Crippen LogP contribution < -0.4 is 0 Å². The van der Waals surface area contributed by atoms with E-state index in [1.807, 2.05) is 12.2 Å². The molecule has 102 heavy (non-hydrogen) atoms. The van der Waals surface area contributed by atoms with Crippen molar-refractivity contribution in [1.82, 2.24) is 0 Å². The van der Waals surface area contributed by atoms with Gasteiger partial charge in [-0.05, 0) is 148 Å². The fourth-order valence-electron chi connectivity index (χ4n) is 10.3. The summed E-state index contributed by atoms with van der Waals surface area (Å²) in [6.45, 7) is 4.68. The maximum absolute atomic E-state index is 13.1. The van der Waals surface area contributed by atoms with Gasteiger partial charge < -0.3 is 33.8 Å². The average Bonchev–Trinajstić information content (AvgIpc) is 0.923. The summed E-state index contributed by atoms with van der Waals surface area (Å²) in [5.41, 5.74) is 0. The minimum atomic E-state index is -5.00. The Balaban J connectivity index is 5.45. The first-order valence-electron chi connectivity index (χ1n) is 39.8. The molecule has 0 spiro atoms. The molecule has 0 fully saturated rings. The van der Waals surface area contributed by atoms with Gasteiger partial charge in [-0.2, -0.15) is 0 Å². The van der Waals surface area contributed by atoms with E-state index >= 15 is 0 Å². The molecule has 0 heterocycles. The Morgan fingerprint density at radius 1 is 0.284 bits per heavy atom. The largest absolute Gasteiger partial charge is 0.472 e. The average molecular weight is 1470 g/mol. The van der Waals surface area contributed by atoms with Gasteiger partial charge in [0.15, 0.2) is 12.2 Å². The summed E-state index contributed by atoms with van der Waals surface area (Å²) >= 11 is 0. The van der Waals surface area contributed by atoms with Gasteiger partial charge in [-0.1, -0.05) is 271 Å². The monoisotopic (exact) mass is 1470 g/mol. The standard InChI is InChI=1S/C83H142O17P2/c1-5-9-13-17-21-25-29-33-37-38-42-44-48-52-56-60-64-68-81(86)94-74-79(100-83(88)70-66-62-58-54-50-46-41-36-32-28-24-20-16-12-8-4)76-98-102(91,92)96-72-77(84)71-95-101(89,90)97-75-78(99-82(87)69-65-61-57-53-49-45-40-35-31-27-23-19-15-11-7-3)73-93-80(85)67-63-59-55-51-47-43-39-34-30-26-22-18-14-10-6-2/h21,23,25-28,30,32-37,39-42,44,52,56,77-79,84H,5-20,22,24,29,31,38,43,45-51,53-55,57-76H2,1-4H3,(H,89,90)(H,91,92)/b25-21-,27-23-,30-26-,32-28-,37-33-,39-34-,40-35-,41-36-,44-42-,56-52-/t77-,78-,79-/m1/s1. The molecule has 17 nitrogen and oxygen atoms in total. The fourth-order valence-corrected chi connectivity index (χ4v) is 11.9. The minimum Gasteiger partial charge on any atom is -0.462 e. The van der Waals surface area contributed by atoms with Crippen molar-refractivity contribution in [2.45, 2.75) is 341 Å². The summed E-state index contributed by atoms with van der Waals surface area (Å²) < 4.78 is 68.5. The number of ether oxygens (including phenoxy) is 4. The molecule has 0 aromatic heterocycles. The van der Waals surface area contributed by atoms with E-state index in [1.165, 1.54) is 89.9 Å². The molecule has 0 amide bonds. The lowest BCUT2D eigenvalue weighted by Crippen LogP contribution is -2.30. The summed E-state index contributed by atoms with van der Waals surface area (Å²) in [5.74, 6) is -2.29. The van der Waals surface area contributed by atoms with Gasteiger partial charge in [0.05, 0.1) is 26.4 Å². The molecule has 0 radical (unpaired) electrons. The zero-order valence-electron chi connectivity index (χ0n) is 64.0. The van der Waals surface area contributed by atoms with E-state index in [1.54, 1.807) is 0 Å². The molecule has 3 N–H and O–H groups in total. The number of aliphatic hydroxyl groups is 1. The number of phosphoric acid groups is 2. The van der Waals surface area contributed by atoms with Crippen LogP contribution in [0.25, 0.3) is 0 Å². The van der Waals surface area contributed by atoms with E-state index in [-0.39, 0.29) is 25.7 Å². The third-order valence-electron chi connectivity index (χ3n) is 16.4. The summed E-state index contributed by atoms with van der Waals surface area (Å²) in [4.78, 5) is 73.0. The van der Waals surface area contributed by atoms with Gasteiger partial charge in [0.25, 0.3) is 0 Å². The number of aliphatic hydroxyl groups excluding tert-OH is 1. The molecular formula is C83H142O17P2. The smallest absolute Gasteiger partial charge is 0.462 e. The van der Waals surface area contributed by atoms with Gasteiger partial charge in [0, 0.05) is 25.7 Å². The molecule has 0 saturated heterocycles. The molecule has 0 aliphatic carbocycles. The van der Waals surface area contributed by atoms with E-state index in [2.05, 4.69) is 137 Å². The van der Waals surface area contributed by atoms with Crippen molar-refractivity contribution in [3.63, 3.8) is 0 Å². The number of carbonyl (C=O) groups is 4. The van der Waals surface area contributed by atoms with Gasteiger partial charge in [0.2, 0.25) is 0 Å². The Bertz CT molecular complexity index is 2410. The van der Waals surface area contributed by atoms with Crippen molar-refractivity contribution in [3.05, 3.63) is 122 Å². The van der Waals surface area contributed by atoms with E-state index in [9.17, 15) is 43.2 Å². The highest BCUT2D eigenvalue weighted by molar-refractivity contribution is 7.47. The number of rotatable bonds is 74. The van der Waals surface area contributed by atoms with Crippen molar-refractivity contribution < 1.29 is 80.2 Å². The summed E-state index contributed by atoms with van der Waals surface area (Å²) in [6, 6.07) is 0. The molecule has 0 aliphatic heterocycles. The zero-order chi connectivity index (χ0) is 74.6. The van der Waals surface area contributed by atoms with Crippen LogP contribution in [0.15, 0.2) is 122 Å². The molecule has 0 rings (SSSR count). The van der Waals surface area contributed by atoms with E-state index in [0.717, 1.165) is 148 Å². The van der Waals surface area contributed by atoms with Crippen molar-refractivity contribution in [2.75, 3.05) is 39.6 Å². The first kappa shape index (κ1) is 97.5. The molecule has 0 bridgehead atoms. The highest BCUT2D eigenvalue weighted by Gasteiger charge is 2.30. The first-order valence-corrected chi connectivity index (χ1v) is 42.8. The van der Waals surface area contributed by atoms with Crippen LogP contribution in [0.4, 0.5) is 0 Å². The van der Waals surface area contributed by atoms with Gasteiger partial charge in [-0.25, -0.2) is 9.13 Å². The van der Waals surface area contributed by atoms with Crippen LogP contribution in [0, 0.1) is 0 Å². The Kier molecular flexibility index (Phi) is 71.4. The Labute approximate surface area is 619 Å². The van der Waals surface area contributed by atoms with Gasteiger partial charge in [-0.3, -0.25) is 37.3 Å². The number of phosphoric ester groups is 2. The summed E-state index contributed by atoms with van der Waals surface area (Å²) in [6.07, 6.45) is 81.8. The molecule has 5 atom stereocenters. The van der Waals surface area contributed by atoms with Crippen LogP contribution in [0.5, 0.6) is 0 Å². The quantitative estimate of drug-likeness (QED) is 0.0128. The van der Waals surface area contributed by atoms with Crippen LogP contribution in [0.2, 0.25) is 0 Å². The summed E-state index contributed by atoms with van der Waals surface area (Å²) in [7, 11) is -9.99. The van der Waals surface area contributed by atoms with E-state index < -0.39 is 97.5 Å². The van der Waals surface area contributed by atoms with Crippen LogP contribution in [0.3, 0.4) is 0 Å². The molecule has 0 aromatic carbocycles. The van der Waals surface area contributed by atoms with Crippen molar-refractivity contribution in [3.8, 4) is 0 Å². The second-order valence-electron chi connectivity index (χ2n) is 26.3. The fraction of sp³-hybridized carbons (Fsp3) is 0.711. The minimum absolute atomic E-state index is 0.0632. The Morgan fingerprint density at radius 2 is 0.520 bits per heavy atom. The van der Waals surface area contributed by atoms with Crippen LogP contribution in [0.1, 0.15) is 323 Å². The summed E-state index contributed by atoms with van der Waals surface area (Å²) in [5, 5.41) is 10.6. The van der Waals surface area contributed by atoms with Crippen LogP contribution >= 0.6 is 15.6 Å². The third kappa shape index (κ3) is 73.8. The number of esters is 4. The number of hydrogen-bond donors (Lipinski definition) is 3. The maximum atomic E-state index is 13.1. The third-order valence-corrected chi connectivity index (χ3v) is 18.3. The lowest BCUT2D eigenvalue weighted by molar-refractivity contribution is -0.161. The normalized spacial score (nSPS) is 14.5. The number of carbonyl (C=O) groups excluding carboxylic acids is 4.